The van der Waals surface area contributed by atoms with Crippen molar-refractivity contribution in [3.05, 3.63) is 71.8 Å². The van der Waals surface area contributed by atoms with Crippen LogP contribution in [-0.4, -0.2) is 30.0 Å². The zero-order chi connectivity index (χ0) is 18.8. The van der Waals surface area contributed by atoms with E-state index >= 15 is 0 Å². The smallest absolute Gasteiger partial charge is 0.255 e. The van der Waals surface area contributed by atoms with Gasteiger partial charge in [-0.25, -0.2) is 0 Å². The average molecular weight is 360 g/mol. The van der Waals surface area contributed by atoms with Crippen LogP contribution in [0, 0.1) is 0 Å². The predicted octanol–water partition coefficient (Wildman–Crippen LogP) is 3.25. The van der Waals surface area contributed by atoms with E-state index in [9.17, 15) is 14.7 Å². The molecule has 3 aromatic rings. The van der Waals surface area contributed by atoms with Crippen LogP contribution in [0.4, 0.5) is 5.69 Å². The lowest BCUT2D eigenvalue weighted by Crippen LogP contribution is -2.42. The Kier molecular flexibility index (Phi) is 4.50. The highest BCUT2D eigenvalue weighted by Crippen LogP contribution is 2.27. The molecule has 2 N–H and O–H groups in total. The van der Waals surface area contributed by atoms with Crippen LogP contribution >= 0.6 is 0 Å². The lowest BCUT2D eigenvalue weighted by Gasteiger charge is -2.29. The standard InChI is InChI=1S/C22H20N2O3/c25-20-13-17-8-2-1-7-16(17)12-18(20)22(27)23-14-21(26)24-11-5-9-15-6-3-4-10-19(15)24/h1-4,6-8,10,12-13,25H,5,9,11,14H2,(H,23,27). The minimum Gasteiger partial charge on any atom is -0.507 e. The second-order valence-corrected chi connectivity index (χ2v) is 6.68. The quantitative estimate of drug-likeness (QED) is 0.753. The molecule has 5 heteroatoms. The van der Waals surface area contributed by atoms with Crippen molar-refractivity contribution in [2.75, 3.05) is 18.0 Å². The summed E-state index contributed by atoms with van der Waals surface area (Å²) in [5, 5.41) is 14.5. The molecule has 4 rings (SSSR count). The van der Waals surface area contributed by atoms with Gasteiger partial charge in [0.15, 0.2) is 0 Å². The first-order valence-electron chi connectivity index (χ1n) is 9.02. The van der Waals surface area contributed by atoms with E-state index in [0.29, 0.717) is 6.54 Å². The number of rotatable bonds is 3. The monoisotopic (exact) mass is 360 g/mol. The van der Waals surface area contributed by atoms with Gasteiger partial charge in [-0.15, -0.1) is 0 Å². The third kappa shape index (κ3) is 3.36. The van der Waals surface area contributed by atoms with Gasteiger partial charge < -0.3 is 15.3 Å². The van der Waals surface area contributed by atoms with Crippen molar-refractivity contribution in [3.63, 3.8) is 0 Å². The first-order chi connectivity index (χ1) is 13.1. The minimum absolute atomic E-state index is 0.0954. The summed E-state index contributed by atoms with van der Waals surface area (Å²) in [6.45, 7) is 0.534. The van der Waals surface area contributed by atoms with Crippen molar-refractivity contribution in [2.45, 2.75) is 12.8 Å². The third-order valence-electron chi connectivity index (χ3n) is 4.92. The second-order valence-electron chi connectivity index (χ2n) is 6.68. The van der Waals surface area contributed by atoms with Crippen LogP contribution in [0.5, 0.6) is 5.75 Å². The molecule has 27 heavy (non-hydrogen) atoms. The molecule has 0 spiro atoms. The van der Waals surface area contributed by atoms with Gasteiger partial charge in [-0.05, 0) is 47.4 Å². The van der Waals surface area contributed by atoms with Crippen molar-refractivity contribution in [1.29, 1.82) is 0 Å². The highest BCUT2D eigenvalue weighted by Gasteiger charge is 2.23. The van der Waals surface area contributed by atoms with Gasteiger partial charge in [0, 0.05) is 12.2 Å². The topological polar surface area (TPSA) is 69.6 Å². The maximum Gasteiger partial charge on any atom is 0.255 e. The number of para-hydroxylation sites is 1. The number of phenols is 1. The van der Waals surface area contributed by atoms with E-state index in [1.807, 2.05) is 48.5 Å². The molecule has 1 heterocycles. The number of aromatic hydroxyl groups is 1. The van der Waals surface area contributed by atoms with Gasteiger partial charge >= 0.3 is 0 Å². The number of aryl methyl sites for hydroxylation is 1. The highest BCUT2D eigenvalue weighted by molar-refractivity contribution is 6.04. The summed E-state index contributed by atoms with van der Waals surface area (Å²) < 4.78 is 0. The number of hydrogen-bond donors (Lipinski definition) is 2. The SMILES string of the molecule is O=C(NCC(=O)N1CCCc2ccccc21)c1cc2ccccc2cc1O. The molecule has 5 nitrogen and oxygen atoms in total. The minimum atomic E-state index is -0.461. The van der Waals surface area contributed by atoms with Gasteiger partial charge in [-0.2, -0.15) is 0 Å². The maximum absolute atomic E-state index is 12.6. The molecule has 1 aliphatic heterocycles. The summed E-state index contributed by atoms with van der Waals surface area (Å²) in [6.07, 6.45) is 1.86. The first-order valence-corrected chi connectivity index (χ1v) is 9.02. The van der Waals surface area contributed by atoms with Crippen LogP contribution in [0.25, 0.3) is 10.8 Å². The summed E-state index contributed by atoms with van der Waals surface area (Å²) >= 11 is 0. The second kappa shape index (κ2) is 7.11. The Hall–Kier alpha value is -3.34. The fourth-order valence-corrected chi connectivity index (χ4v) is 3.55. The number of phenolic OH excluding ortho intramolecular Hbond substituents is 1. The number of benzene rings is 3. The molecule has 0 saturated heterocycles. The summed E-state index contributed by atoms with van der Waals surface area (Å²) in [5.41, 5.74) is 2.23. The molecule has 0 fully saturated rings. The van der Waals surface area contributed by atoms with E-state index in [-0.39, 0.29) is 23.8 Å². The van der Waals surface area contributed by atoms with E-state index in [2.05, 4.69) is 5.32 Å². The fourth-order valence-electron chi connectivity index (χ4n) is 3.55. The van der Waals surface area contributed by atoms with Crippen molar-refractivity contribution in [3.8, 4) is 5.75 Å². The Morgan fingerprint density at radius 3 is 2.52 bits per heavy atom. The molecular formula is C22H20N2O3. The van der Waals surface area contributed by atoms with Crippen molar-refractivity contribution in [1.82, 2.24) is 5.32 Å². The molecule has 0 aliphatic carbocycles. The van der Waals surface area contributed by atoms with Crippen LogP contribution in [0.1, 0.15) is 22.3 Å². The molecular weight excluding hydrogens is 340 g/mol. The van der Waals surface area contributed by atoms with E-state index in [0.717, 1.165) is 34.9 Å². The van der Waals surface area contributed by atoms with Crippen molar-refractivity contribution < 1.29 is 14.7 Å². The Labute approximate surface area is 157 Å². The van der Waals surface area contributed by atoms with Crippen molar-refractivity contribution in [2.24, 2.45) is 0 Å². The summed E-state index contributed by atoms with van der Waals surface area (Å²) in [7, 11) is 0. The van der Waals surface area contributed by atoms with Crippen molar-refractivity contribution >= 4 is 28.3 Å². The van der Waals surface area contributed by atoms with Crippen LogP contribution in [-0.2, 0) is 11.2 Å². The van der Waals surface area contributed by atoms with E-state index in [1.165, 1.54) is 0 Å². The number of anilines is 1. The molecule has 0 aromatic heterocycles. The predicted molar refractivity (Wildman–Crippen MR) is 105 cm³/mol. The Morgan fingerprint density at radius 2 is 1.70 bits per heavy atom. The number of fused-ring (bicyclic) bond motifs is 2. The Balaban J connectivity index is 1.48. The summed E-state index contributed by atoms with van der Waals surface area (Å²) in [5.74, 6) is -0.713. The highest BCUT2D eigenvalue weighted by atomic mass is 16.3. The van der Waals surface area contributed by atoms with Gasteiger partial charge in [0.25, 0.3) is 5.91 Å². The lowest BCUT2D eigenvalue weighted by atomic mass is 10.0. The normalized spacial score (nSPS) is 13.3. The summed E-state index contributed by atoms with van der Waals surface area (Å²) in [4.78, 5) is 26.9. The van der Waals surface area contributed by atoms with Gasteiger partial charge in [0.2, 0.25) is 5.91 Å². The molecule has 0 bridgehead atoms. The number of carbonyl (C=O) groups is 2. The van der Waals surface area contributed by atoms with Crippen LogP contribution in [0.2, 0.25) is 0 Å². The van der Waals surface area contributed by atoms with Crippen LogP contribution in [0.15, 0.2) is 60.7 Å². The molecule has 0 unspecified atom stereocenters. The Bertz CT molecular complexity index is 1030. The molecule has 0 saturated carbocycles. The fraction of sp³-hybridized carbons (Fsp3) is 0.182. The number of carbonyl (C=O) groups excluding carboxylic acids is 2. The first kappa shape index (κ1) is 17.1. The average Bonchev–Trinajstić information content (AvgIpc) is 2.70. The molecule has 136 valence electrons. The molecule has 1 aliphatic rings. The van der Waals surface area contributed by atoms with Gasteiger partial charge in [0.1, 0.15) is 5.75 Å². The largest absolute Gasteiger partial charge is 0.507 e. The molecule has 0 atom stereocenters. The third-order valence-corrected chi connectivity index (χ3v) is 4.92. The lowest BCUT2D eigenvalue weighted by molar-refractivity contribution is -0.117. The zero-order valence-corrected chi connectivity index (χ0v) is 14.8. The summed E-state index contributed by atoms with van der Waals surface area (Å²) in [6, 6.07) is 18.5. The number of nitrogens with one attached hydrogen (secondary N) is 1. The van der Waals surface area contributed by atoms with Gasteiger partial charge in [-0.3, -0.25) is 9.59 Å². The van der Waals surface area contributed by atoms with Crippen LogP contribution < -0.4 is 10.2 Å². The molecule has 0 radical (unpaired) electrons. The molecule has 2 amide bonds. The van der Waals surface area contributed by atoms with E-state index in [4.69, 9.17) is 0 Å². The maximum atomic E-state index is 12.6. The Morgan fingerprint density at radius 1 is 1.00 bits per heavy atom. The number of nitrogens with zero attached hydrogens (tertiary/aromatic N) is 1. The van der Waals surface area contributed by atoms with Crippen LogP contribution in [0.3, 0.4) is 0 Å². The van der Waals surface area contributed by atoms with E-state index < -0.39 is 5.91 Å². The van der Waals surface area contributed by atoms with Gasteiger partial charge in [0.05, 0.1) is 12.1 Å². The number of amides is 2. The van der Waals surface area contributed by atoms with Gasteiger partial charge in [-0.1, -0.05) is 42.5 Å². The number of hydrogen-bond acceptors (Lipinski definition) is 3. The molecule has 3 aromatic carbocycles. The van der Waals surface area contributed by atoms with E-state index in [1.54, 1.807) is 17.0 Å². The zero-order valence-electron chi connectivity index (χ0n) is 14.8.